The molecular weight excluding hydrogens is 232 g/mol. The van der Waals surface area contributed by atoms with Crippen molar-refractivity contribution < 1.29 is 14.3 Å². The summed E-state index contributed by atoms with van der Waals surface area (Å²) in [6.07, 6.45) is 3.43. The molecule has 1 amide bonds. The van der Waals surface area contributed by atoms with E-state index < -0.39 is 0 Å². The SMILES string of the molecule is CN(C)CCNC(=O)C1CCC2(CC1)OCCO2. The van der Waals surface area contributed by atoms with Crippen molar-refractivity contribution in [1.82, 2.24) is 10.2 Å². The van der Waals surface area contributed by atoms with Crippen LogP contribution in [0.4, 0.5) is 0 Å². The van der Waals surface area contributed by atoms with E-state index in [-0.39, 0.29) is 17.6 Å². The van der Waals surface area contributed by atoms with Gasteiger partial charge in [0.1, 0.15) is 0 Å². The first kappa shape index (κ1) is 13.8. The molecule has 0 bridgehead atoms. The average molecular weight is 256 g/mol. The molecule has 1 saturated carbocycles. The fraction of sp³-hybridized carbons (Fsp3) is 0.923. The van der Waals surface area contributed by atoms with Crippen LogP contribution in [0.2, 0.25) is 0 Å². The first-order valence-electron chi connectivity index (χ1n) is 6.82. The molecule has 2 aliphatic rings. The van der Waals surface area contributed by atoms with Crippen molar-refractivity contribution in [1.29, 1.82) is 0 Å². The fourth-order valence-electron chi connectivity index (χ4n) is 2.65. The third kappa shape index (κ3) is 3.43. The lowest BCUT2D eigenvalue weighted by molar-refractivity contribution is -0.183. The largest absolute Gasteiger partial charge is 0.355 e. The number of nitrogens with zero attached hydrogens (tertiary/aromatic N) is 1. The highest BCUT2D eigenvalue weighted by molar-refractivity contribution is 5.78. The van der Waals surface area contributed by atoms with Crippen LogP contribution in [-0.2, 0) is 14.3 Å². The molecule has 1 saturated heterocycles. The Morgan fingerprint density at radius 1 is 1.28 bits per heavy atom. The number of ether oxygens (including phenoxy) is 2. The van der Waals surface area contributed by atoms with Gasteiger partial charge in [-0.2, -0.15) is 0 Å². The van der Waals surface area contributed by atoms with Gasteiger partial charge in [-0.15, -0.1) is 0 Å². The van der Waals surface area contributed by atoms with Crippen molar-refractivity contribution in [3.63, 3.8) is 0 Å². The molecule has 1 aliphatic heterocycles. The Hall–Kier alpha value is -0.650. The third-order valence-electron chi connectivity index (χ3n) is 3.79. The van der Waals surface area contributed by atoms with Gasteiger partial charge in [0, 0.05) is 31.8 Å². The molecule has 0 aromatic rings. The lowest BCUT2D eigenvalue weighted by Gasteiger charge is -2.34. The number of nitrogens with one attached hydrogen (secondary N) is 1. The summed E-state index contributed by atoms with van der Waals surface area (Å²) in [6, 6.07) is 0. The van der Waals surface area contributed by atoms with Crippen LogP contribution in [0, 0.1) is 5.92 Å². The van der Waals surface area contributed by atoms with Gasteiger partial charge < -0.3 is 19.7 Å². The Morgan fingerprint density at radius 2 is 1.89 bits per heavy atom. The van der Waals surface area contributed by atoms with Gasteiger partial charge in [0.2, 0.25) is 5.91 Å². The zero-order valence-electron chi connectivity index (χ0n) is 11.4. The number of carbonyl (C=O) groups is 1. The summed E-state index contributed by atoms with van der Waals surface area (Å²) in [5, 5.41) is 3.00. The molecule has 1 heterocycles. The second-order valence-electron chi connectivity index (χ2n) is 5.48. The van der Waals surface area contributed by atoms with Crippen molar-refractivity contribution in [3.8, 4) is 0 Å². The third-order valence-corrected chi connectivity index (χ3v) is 3.79. The van der Waals surface area contributed by atoms with Crippen LogP contribution in [0.5, 0.6) is 0 Å². The summed E-state index contributed by atoms with van der Waals surface area (Å²) < 4.78 is 11.3. The maximum absolute atomic E-state index is 12.0. The minimum absolute atomic E-state index is 0.130. The average Bonchev–Trinajstić information content (AvgIpc) is 2.78. The van der Waals surface area contributed by atoms with E-state index in [0.29, 0.717) is 13.2 Å². The van der Waals surface area contributed by atoms with E-state index in [2.05, 4.69) is 10.2 Å². The van der Waals surface area contributed by atoms with E-state index in [1.807, 2.05) is 14.1 Å². The fourth-order valence-corrected chi connectivity index (χ4v) is 2.65. The Balaban J connectivity index is 1.70. The van der Waals surface area contributed by atoms with Gasteiger partial charge >= 0.3 is 0 Å². The minimum Gasteiger partial charge on any atom is -0.355 e. The van der Waals surface area contributed by atoms with Gasteiger partial charge in [0.15, 0.2) is 5.79 Å². The molecule has 0 unspecified atom stereocenters. The standard InChI is InChI=1S/C13H24N2O3/c1-15(2)8-7-14-12(16)11-3-5-13(6-4-11)17-9-10-18-13/h11H,3-10H2,1-2H3,(H,14,16). The van der Waals surface area contributed by atoms with E-state index in [9.17, 15) is 4.79 Å². The first-order chi connectivity index (χ1) is 8.61. The molecule has 18 heavy (non-hydrogen) atoms. The molecule has 5 heteroatoms. The number of hydrogen-bond acceptors (Lipinski definition) is 4. The van der Waals surface area contributed by atoms with Crippen LogP contribution in [0.3, 0.4) is 0 Å². The summed E-state index contributed by atoms with van der Waals surface area (Å²) in [4.78, 5) is 14.0. The summed E-state index contributed by atoms with van der Waals surface area (Å²) >= 11 is 0. The van der Waals surface area contributed by atoms with Crippen LogP contribution < -0.4 is 5.32 Å². The summed E-state index contributed by atoms with van der Waals surface area (Å²) in [7, 11) is 4.01. The molecule has 1 aliphatic carbocycles. The van der Waals surface area contributed by atoms with E-state index in [1.165, 1.54) is 0 Å². The molecular formula is C13H24N2O3. The normalized spacial score (nSPS) is 23.7. The van der Waals surface area contributed by atoms with Gasteiger partial charge in [-0.1, -0.05) is 0 Å². The van der Waals surface area contributed by atoms with Crippen LogP contribution in [-0.4, -0.2) is 57.0 Å². The van der Waals surface area contributed by atoms with E-state index >= 15 is 0 Å². The van der Waals surface area contributed by atoms with Crippen molar-refractivity contribution >= 4 is 5.91 Å². The Labute approximate surface area is 109 Å². The molecule has 104 valence electrons. The van der Waals surface area contributed by atoms with Crippen LogP contribution in [0.1, 0.15) is 25.7 Å². The number of rotatable bonds is 4. The van der Waals surface area contributed by atoms with Crippen LogP contribution in [0.15, 0.2) is 0 Å². The van der Waals surface area contributed by atoms with E-state index in [4.69, 9.17) is 9.47 Å². The highest BCUT2D eigenvalue weighted by Crippen LogP contribution is 2.38. The van der Waals surface area contributed by atoms with Crippen LogP contribution >= 0.6 is 0 Å². The van der Waals surface area contributed by atoms with Gasteiger partial charge in [-0.25, -0.2) is 0 Å². The molecule has 0 radical (unpaired) electrons. The lowest BCUT2D eigenvalue weighted by Crippen LogP contribution is -2.41. The summed E-state index contributed by atoms with van der Waals surface area (Å²) in [5.41, 5.74) is 0. The maximum atomic E-state index is 12.0. The Bertz CT molecular complexity index is 278. The number of carbonyl (C=O) groups excluding carboxylic acids is 1. The second-order valence-corrected chi connectivity index (χ2v) is 5.48. The monoisotopic (exact) mass is 256 g/mol. The van der Waals surface area contributed by atoms with Gasteiger partial charge in [-0.3, -0.25) is 4.79 Å². The smallest absolute Gasteiger partial charge is 0.223 e. The van der Waals surface area contributed by atoms with Gasteiger partial charge in [0.25, 0.3) is 0 Å². The second kappa shape index (κ2) is 5.99. The van der Waals surface area contributed by atoms with E-state index in [0.717, 1.165) is 38.8 Å². The van der Waals surface area contributed by atoms with Gasteiger partial charge in [-0.05, 0) is 26.9 Å². The van der Waals surface area contributed by atoms with Crippen LogP contribution in [0.25, 0.3) is 0 Å². The topological polar surface area (TPSA) is 50.8 Å². The Kier molecular flexibility index (Phi) is 4.59. The number of amides is 1. The zero-order valence-corrected chi connectivity index (χ0v) is 11.4. The predicted octanol–water partition coefficient (Wildman–Crippen LogP) is 0.598. The molecule has 2 fully saturated rings. The predicted molar refractivity (Wildman–Crippen MR) is 68.2 cm³/mol. The molecule has 0 aromatic heterocycles. The molecule has 1 N–H and O–H groups in total. The minimum atomic E-state index is -0.361. The maximum Gasteiger partial charge on any atom is 0.223 e. The highest BCUT2D eigenvalue weighted by Gasteiger charge is 2.41. The van der Waals surface area contributed by atoms with Crippen molar-refractivity contribution in [2.75, 3.05) is 40.4 Å². The molecule has 2 rings (SSSR count). The first-order valence-corrected chi connectivity index (χ1v) is 6.82. The van der Waals surface area contributed by atoms with Crippen molar-refractivity contribution in [2.24, 2.45) is 5.92 Å². The molecule has 0 atom stereocenters. The highest BCUT2D eigenvalue weighted by atomic mass is 16.7. The number of likely N-dealkylation sites (N-methyl/N-ethyl adjacent to an activating group) is 1. The molecule has 0 aromatic carbocycles. The molecule has 1 spiro atoms. The summed E-state index contributed by atoms with van der Waals surface area (Å²) in [5.74, 6) is -0.0456. The van der Waals surface area contributed by atoms with Crippen molar-refractivity contribution in [2.45, 2.75) is 31.5 Å². The summed E-state index contributed by atoms with van der Waals surface area (Å²) in [6.45, 7) is 2.99. The zero-order chi connectivity index (χ0) is 13.0. The molecule has 5 nitrogen and oxygen atoms in total. The van der Waals surface area contributed by atoms with E-state index in [1.54, 1.807) is 0 Å². The number of hydrogen-bond donors (Lipinski definition) is 1. The quantitative estimate of drug-likeness (QED) is 0.800. The van der Waals surface area contributed by atoms with Gasteiger partial charge in [0.05, 0.1) is 13.2 Å². The Morgan fingerprint density at radius 3 is 2.44 bits per heavy atom. The van der Waals surface area contributed by atoms with Crippen molar-refractivity contribution in [3.05, 3.63) is 0 Å². The lowest BCUT2D eigenvalue weighted by atomic mass is 9.84.